The molecule has 0 radical (unpaired) electrons. The molecule has 2 atom stereocenters. The van der Waals surface area contributed by atoms with Crippen LogP contribution in [-0.4, -0.2) is 85.1 Å². The lowest BCUT2D eigenvalue weighted by atomic mass is 9.93. The largest absolute Gasteiger partial charge is 0.497 e. The molecule has 4 rings (SSSR count). The van der Waals surface area contributed by atoms with Crippen LogP contribution in [0, 0.1) is 0 Å². The number of ether oxygens (including phenoxy) is 2. The maximum atomic E-state index is 13.4. The summed E-state index contributed by atoms with van der Waals surface area (Å²) >= 11 is 0. The van der Waals surface area contributed by atoms with Crippen LogP contribution in [0.15, 0.2) is 65.9 Å². The van der Waals surface area contributed by atoms with Crippen LogP contribution in [0.3, 0.4) is 0 Å². The molecular formula is C29H36N4O5. The van der Waals surface area contributed by atoms with E-state index in [1.165, 1.54) is 0 Å². The molecule has 38 heavy (non-hydrogen) atoms. The fourth-order valence-electron chi connectivity index (χ4n) is 5.17. The molecule has 0 aliphatic carbocycles. The van der Waals surface area contributed by atoms with Gasteiger partial charge in [-0.3, -0.25) is 14.6 Å². The Morgan fingerprint density at radius 1 is 1.05 bits per heavy atom. The number of hydrogen-bond donors (Lipinski definition) is 1. The van der Waals surface area contributed by atoms with Crippen molar-refractivity contribution in [1.82, 2.24) is 20.0 Å². The minimum atomic E-state index is -0.673. The molecule has 9 heteroatoms. The topological polar surface area (TPSA) is 91.4 Å². The Hall–Kier alpha value is -3.85. The number of methoxy groups -OCH3 is 1. The molecule has 1 fully saturated rings. The molecule has 0 saturated carbocycles. The maximum absolute atomic E-state index is 13.4. The highest BCUT2D eigenvalue weighted by Gasteiger charge is 2.39. The fraction of sp³-hybridized carbons (Fsp3) is 0.414. The number of amides is 3. The quantitative estimate of drug-likeness (QED) is 0.537. The minimum Gasteiger partial charge on any atom is -0.497 e. The van der Waals surface area contributed by atoms with Gasteiger partial charge in [-0.05, 0) is 50.6 Å². The van der Waals surface area contributed by atoms with Gasteiger partial charge in [0.2, 0.25) is 0 Å². The van der Waals surface area contributed by atoms with Crippen LogP contribution in [0.5, 0.6) is 5.75 Å². The van der Waals surface area contributed by atoms with Crippen molar-refractivity contribution in [2.75, 3.05) is 46.4 Å². The summed E-state index contributed by atoms with van der Waals surface area (Å²) in [6.07, 6.45) is 0. The van der Waals surface area contributed by atoms with Gasteiger partial charge in [0.1, 0.15) is 5.75 Å². The predicted octanol–water partition coefficient (Wildman–Crippen LogP) is 3.45. The van der Waals surface area contributed by atoms with E-state index in [0.717, 1.165) is 5.56 Å². The van der Waals surface area contributed by atoms with Gasteiger partial charge in [0.05, 0.1) is 25.3 Å². The monoisotopic (exact) mass is 520 g/mol. The van der Waals surface area contributed by atoms with Gasteiger partial charge in [0.25, 0.3) is 5.91 Å². The lowest BCUT2D eigenvalue weighted by Gasteiger charge is -2.43. The molecule has 2 aliphatic rings. The number of likely N-dealkylation sites (N-methyl/N-ethyl adjacent to an activating group) is 1. The normalized spacial score (nSPS) is 20.3. The van der Waals surface area contributed by atoms with E-state index in [-0.39, 0.29) is 24.6 Å². The van der Waals surface area contributed by atoms with E-state index in [9.17, 15) is 14.4 Å². The Kier molecular flexibility index (Phi) is 8.68. The van der Waals surface area contributed by atoms with Crippen molar-refractivity contribution in [2.45, 2.75) is 32.9 Å². The molecule has 3 amide bonds. The van der Waals surface area contributed by atoms with Crippen molar-refractivity contribution in [3.63, 3.8) is 0 Å². The second-order valence-electron chi connectivity index (χ2n) is 9.43. The summed E-state index contributed by atoms with van der Waals surface area (Å²) in [6.45, 7) is 8.46. The average Bonchev–Trinajstić information content (AvgIpc) is 2.93. The van der Waals surface area contributed by atoms with Crippen LogP contribution in [0.25, 0.3) is 0 Å². The molecule has 9 nitrogen and oxygen atoms in total. The first-order chi connectivity index (χ1) is 18.4. The molecule has 1 saturated heterocycles. The lowest BCUT2D eigenvalue weighted by Crippen LogP contribution is -2.56. The van der Waals surface area contributed by atoms with Crippen LogP contribution in [0.1, 0.15) is 42.7 Å². The Morgan fingerprint density at radius 2 is 1.82 bits per heavy atom. The Balaban J connectivity index is 1.64. The van der Waals surface area contributed by atoms with Gasteiger partial charge >= 0.3 is 12.0 Å². The molecular weight excluding hydrogens is 484 g/mol. The summed E-state index contributed by atoms with van der Waals surface area (Å²) in [5, 5.41) is 2.99. The van der Waals surface area contributed by atoms with Gasteiger partial charge in [-0.15, -0.1) is 0 Å². The highest BCUT2D eigenvalue weighted by molar-refractivity contribution is 5.95. The van der Waals surface area contributed by atoms with E-state index in [2.05, 4.69) is 10.2 Å². The third-order valence-electron chi connectivity index (χ3n) is 7.04. The van der Waals surface area contributed by atoms with Crippen LogP contribution in [-0.2, 0) is 9.53 Å². The summed E-state index contributed by atoms with van der Waals surface area (Å²) in [4.78, 5) is 45.4. The number of esters is 1. The highest BCUT2D eigenvalue weighted by Crippen LogP contribution is 2.33. The molecule has 2 aromatic carbocycles. The lowest BCUT2D eigenvalue weighted by molar-refractivity contribution is -0.139. The molecule has 1 N–H and O–H groups in total. The summed E-state index contributed by atoms with van der Waals surface area (Å²) in [7, 11) is 1.58. The van der Waals surface area contributed by atoms with Gasteiger partial charge < -0.3 is 19.7 Å². The number of benzene rings is 2. The number of carbonyl (C=O) groups excluding carboxylic acids is 3. The summed E-state index contributed by atoms with van der Waals surface area (Å²) < 4.78 is 10.9. The van der Waals surface area contributed by atoms with E-state index in [1.807, 2.05) is 73.3 Å². The number of nitrogens with zero attached hydrogens (tertiary/aromatic N) is 3. The average molecular weight is 521 g/mol. The highest BCUT2D eigenvalue weighted by atomic mass is 16.5. The summed E-state index contributed by atoms with van der Waals surface area (Å²) in [5.41, 5.74) is 2.44. The standard InChI is InChI=1S/C29H36N4O5/c1-5-32-24(19-31-15-16-33(20(3)18-31)27(34)21-11-8-7-9-12-21)25(28(35)38-6-2)26(30-29(32)36)22-13-10-14-23(17-22)37-4/h7-14,17,20,26H,5-6,15-16,18-19H2,1-4H3,(H,30,36)/t20-,26-/m1/s1. The van der Waals surface area contributed by atoms with Gasteiger partial charge in [0.15, 0.2) is 0 Å². The molecule has 0 aromatic heterocycles. The number of piperazine rings is 1. The second kappa shape index (κ2) is 12.1. The van der Waals surface area contributed by atoms with Crippen LogP contribution in [0.4, 0.5) is 4.79 Å². The van der Waals surface area contributed by atoms with E-state index in [1.54, 1.807) is 18.9 Å². The van der Waals surface area contributed by atoms with E-state index in [4.69, 9.17) is 9.47 Å². The molecule has 2 heterocycles. The van der Waals surface area contributed by atoms with Gasteiger partial charge in [0, 0.05) is 50.0 Å². The van der Waals surface area contributed by atoms with Crippen LogP contribution >= 0.6 is 0 Å². The number of nitrogens with one attached hydrogen (secondary N) is 1. The molecule has 202 valence electrons. The van der Waals surface area contributed by atoms with Crippen molar-refractivity contribution < 1.29 is 23.9 Å². The van der Waals surface area contributed by atoms with Crippen LogP contribution in [0.2, 0.25) is 0 Å². The zero-order valence-electron chi connectivity index (χ0n) is 22.5. The van der Waals surface area contributed by atoms with E-state index < -0.39 is 12.0 Å². The molecule has 2 aromatic rings. The smallest absolute Gasteiger partial charge is 0.338 e. The predicted molar refractivity (Wildman–Crippen MR) is 144 cm³/mol. The first-order valence-corrected chi connectivity index (χ1v) is 13.1. The summed E-state index contributed by atoms with van der Waals surface area (Å²) in [5.74, 6) is 0.182. The summed E-state index contributed by atoms with van der Waals surface area (Å²) in [6, 6.07) is 15.6. The van der Waals surface area contributed by atoms with Crippen molar-refractivity contribution in [3.05, 3.63) is 77.0 Å². The number of urea groups is 1. The first kappa shape index (κ1) is 27.2. The molecule has 0 unspecified atom stereocenters. The number of rotatable bonds is 8. The third kappa shape index (κ3) is 5.67. The fourth-order valence-corrected chi connectivity index (χ4v) is 5.17. The maximum Gasteiger partial charge on any atom is 0.338 e. The molecule has 2 aliphatic heterocycles. The van der Waals surface area contributed by atoms with Crippen molar-refractivity contribution in [1.29, 1.82) is 0 Å². The third-order valence-corrected chi connectivity index (χ3v) is 7.04. The zero-order valence-corrected chi connectivity index (χ0v) is 22.5. The van der Waals surface area contributed by atoms with Gasteiger partial charge in [-0.25, -0.2) is 9.59 Å². The molecule has 0 bridgehead atoms. The Labute approximate surface area is 224 Å². The Morgan fingerprint density at radius 3 is 2.47 bits per heavy atom. The first-order valence-electron chi connectivity index (χ1n) is 13.1. The van der Waals surface area contributed by atoms with Crippen LogP contribution < -0.4 is 10.1 Å². The van der Waals surface area contributed by atoms with Crippen molar-refractivity contribution in [3.8, 4) is 5.75 Å². The van der Waals surface area contributed by atoms with Gasteiger partial charge in [-0.2, -0.15) is 0 Å². The number of carbonyl (C=O) groups is 3. The van der Waals surface area contributed by atoms with E-state index in [0.29, 0.717) is 55.3 Å². The second-order valence-corrected chi connectivity index (χ2v) is 9.43. The van der Waals surface area contributed by atoms with Gasteiger partial charge in [-0.1, -0.05) is 30.3 Å². The Bertz CT molecular complexity index is 1200. The van der Waals surface area contributed by atoms with Crippen molar-refractivity contribution in [2.24, 2.45) is 0 Å². The SMILES string of the molecule is CCOC(=O)C1=C(CN2CCN(C(=O)c3ccccc3)[C@H](C)C2)N(CC)C(=O)N[C@@H]1c1cccc(OC)c1. The van der Waals surface area contributed by atoms with Crippen molar-refractivity contribution >= 4 is 17.9 Å². The molecule has 0 spiro atoms. The zero-order chi connectivity index (χ0) is 27.2. The minimum absolute atomic E-state index is 0.00879. The number of hydrogen-bond acceptors (Lipinski definition) is 6. The van der Waals surface area contributed by atoms with E-state index >= 15 is 0 Å².